The van der Waals surface area contributed by atoms with Gasteiger partial charge in [0.25, 0.3) is 0 Å². The Morgan fingerprint density at radius 2 is 2.44 bits per heavy atom. The molecule has 0 saturated heterocycles. The molecule has 0 aliphatic rings. The van der Waals surface area contributed by atoms with Gasteiger partial charge in [0.15, 0.2) is 0 Å². The molecule has 0 amide bonds. The summed E-state index contributed by atoms with van der Waals surface area (Å²) in [6.45, 7) is 2.82. The molecule has 16 heavy (non-hydrogen) atoms. The van der Waals surface area contributed by atoms with Crippen LogP contribution in [-0.4, -0.2) is 23.5 Å². The molecule has 88 valence electrons. The first-order valence-corrected chi connectivity index (χ1v) is 7.18. The van der Waals surface area contributed by atoms with Crippen molar-refractivity contribution in [2.75, 3.05) is 13.2 Å². The quantitative estimate of drug-likeness (QED) is 0.792. The zero-order valence-corrected chi connectivity index (χ0v) is 11.0. The van der Waals surface area contributed by atoms with Gasteiger partial charge in [-0.25, -0.2) is 0 Å². The molecule has 1 rings (SSSR count). The Balaban J connectivity index is 2.40. The van der Waals surface area contributed by atoms with Crippen LogP contribution in [0, 0.1) is 11.8 Å². The largest absolute Gasteiger partial charge is 0.396 e. The molecule has 4 heteroatoms. The number of hydrogen-bond acceptors (Lipinski definition) is 4. The molecule has 0 aromatic carbocycles. The number of nitrogens with two attached hydrogens (primary N) is 1. The molecule has 1 aromatic heterocycles. The van der Waals surface area contributed by atoms with Gasteiger partial charge in [-0.05, 0) is 12.5 Å². The number of hydrogen-bond donors (Lipinski definition) is 2. The van der Waals surface area contributed by atoms with Crippen LogP contribution in [0.25, 0.3) is 0 Å². The van der Waals surface area contributed by atoms with Crippen LogP contribution >= 0.6 is 23.1 Å². The van der Waals surface area contributed by atoms with E-state index in [2.05, 4.69) is 30.2 Å². The lowest BCUT2D eigenvalue weighted by Crippen LogP contribution is -1.99. The van der Waals surface area contributed by atoms with E-state index in [0.29, 0.717) is 11.8 Å². The van der Waals surface area contributed by atoms with E-state index in [9.17, 15) is 0 Å². The highest BCUT2D eigenvalue weighted by Crippen LogP contribution is 2.24. The Bertz CT molecular complexity index is 365. The van der Waals surface area contributed by atoms with E-state index in [1.54, 1.807) is 11.3 Å². The number of thiophene rings is 1. The normalized spacial score (nSPS) is 11.9. The lowest BCUT2D eigenvalue weighted by atomic mass is 10.3. The first kappa shape index (κ1) is 13.6. The minimum Gasteiger partial charge on any atom is -0.396 e. The molecule has 2 nitrogen and oxygen atoms in total. The topological polar surface area (TPSA) is 46.2 Å². The lowest BCUT2D eigenvalue weighted by molar-refractivity contribution is 0.289. The van der Waals surface area contributed by atoms with Crippen LogP contribution in [0.4, 0.5) is 0 Å². The molecule has 1 heterocycles. The molecule has 0 bridgehead atoms. The zero-order chi connectivity index (χ0) is 11.8. The summed E-state index contributed by atoms with van der Waals surface area (Å²) in [4.78, 5) is 1.33. The standard InChI is InChI=1S/C12H17NOS2/c1-10(4-6-14)15-9-12-7-11(8-16-12)3-2-5-13/h7-8,10,14H,4-6,9,13H2,1H3. The number of rotatable bonds is 5. The van der Waals surface area contributed by atoms with Gasteiger partial charge in [0.05, 0.1) is 6.54 Å². The summed E-state index contributed by atoms with van der Waals surface area (Å²) in [5.41, 5.74) is 6.37. The molecular formula is C12H17NOS2. The van der Waals surface area contributed by atoms with E-state index in [4.69, 9.17) is 10.8 Å². The minimum absolute atomic E-state index is 0.270. The van der Waals surface area contributed by atoms with Crippen molar-refractivity contribution in [1.29, 1.82) is 0 Å². The van der Waals surface area contributed by atoms with Crippen molar-refractivity contribution in [2.24, 2.45) is 5.73 Å². The fourth-order valence-electron chi connectivity index (χ4n) is 1.16. The summed E-state index contributed by atoms with van der Waals surface area (Å²) in [5.74, 6) is 6.87. The fraction of sp³-hybridized carbons (Fsp3) is 0.500. The second-order valence-corrected chi connectivity index (χ2v) is 5.86. The average molecular weight is 255 g/mol. The van der Waals surface area contributed by atoms with E-state index >= 15 is 0 Å². The average Bonchev–Trinajstić information content (AvgIpc) is 2.72. The van der Waals surface area contributed by atoms with Crippen LogP contribution in [0.1, 0.15) is 23.8 Å². The molecule has 3 N–H and O–H groups in total. The molecule has 0 fully saturated rings. The van der Waals surface area contributed by atoms with Crippen molar-refractivity contribution in [3.05, 3.63) is 21.9 Å². The maximum atomic E-state index is 8.79. The van der Waals surface area contributed by atoms with E-state index in [1.165, 1.54) is 4.88 Å². The predicted molar refractivity (Wildman–Crippen MR) is 72.7 cm³/mol. The molecule has 0 saturated carbocycles. The molecule has 1 unspecified atom stereocenters. The summed E-state index contributed by atoms with van der Waals surface area (Å²) >= 11 is 3.60. The first-order valence-electron chi connectivity index (χ1n) is 5.25. The summed E-state index contributed by atoms with van der Waals surface area (Å²) in [5, 5.41) is 11.4. The molecule has 0 aliphatic carbocycles. The Hall–Kier alpha value is -0.470. The van der Waals surface area contributed by atoms with Gasteiger partial charge in [-0.3, -0.25) is 0 Å². The van der Waals surface area contributed by atoms with Crippen molar-refractivity contribution in [3.8, 4) is 11.8 Å². The van der Waals surface area contributed by atoms with Gasteiger partial charge in [-0.15, -0.1) is 11.3 Å². The highest BCUT2D eigenvalue weighted by Gasteiger charge is 2.04. The van der Waals surface area contributed by atoms with Gasteiger partial charge >= 0.3 is 0 Å². The van der Waals surface area contributed by atoms with E-state index in [1.807, 2.05) is 11.8 Å². The molecule has 1 atom stereocenters. The van der Waals surface area contributed by atoms with Gasteiger partial charge in [0.1, 0.15) is 0 Å². The van der Waals surface area contributed by atoms with Crippen molar-refractivity contribution in [3.63, 3.8) is 0 Å². The van der Waals surface area contributed by atoms with E-state index in [0.717, 1.165) is 17.7 Å². The maximum Gasteiger partial charge on any atom is 0.0555 e. The van der Waals surface area contributed by atoms with Crippen molar-refractivity contribution in [1.82, 2.24) is 0 Å². The molecule has 0 radical (unpaired) electrons. The van der Waals surface area contributed by atoms with Crippen molar-refractivity contribution >= 4 is 23.1 Å². The highest BCUT2D eigenvalue weighted by molar-refractivity contribution is 7.99. The summed E-state index contributed by atoms with van der Waals surface area (Å²) in [7, 11) is 0. The monoisotopic (exact) mass is 255 g/mol. The third-order valence-corrected chi connectivity index (χ3v) is 4.44. The van der Waals surface area contributed by atoms with Gasteiger partial charge in [-0.1, -0.05) is 18.8 Å². The van der Waals surface area contributed by atoms with Gasteiger partial charge in [-0.2, -0.15) is 11.8 Å². The Kier molecular flexibility index (Phi) is 6.58. The number of aliphatic hydroxyl groups excluding tert-OH is 1. The SMILES string of the molecule is CC(CCO)SCc1cc(C#CCN)cs1. The smallest absolute Gasteiger partial charge is 0.0555 e. The Morgan fingerprint density at radius 1 is 1.62 bits per heavy atom. The molecule has 0 aliphatic heterocycles. The second-order valence-electron chi connectivity index (χ2n) is 3.44. The third kappa shape index (κ3) is 5.04. The van der Waals surface area contributed by atoms with Gasteiger partial charge in [0, 0.05) is 33.4 Å². The predicted octanol–water partition coefficient (Wildman–Crippen LogP) is 2.06. The number of aliphatic hydroxyl groups is 1. The number of thioether (sulfide) groups is 1. The highest BCUT2D eigenvalue weighted by atomic mass is 32.2. The molecular weight excluding hydrogens is 238 g/mol. The van der Waals surface area contributed by atoms with E-state index < -0.39 is 0 Å². The Labute approximate surface area is 105 Å². The maximum absolute atomic E-state index is 8.79. The van der Waals surface area contributed by atoms with Crippen LogP contribution in [-0.2, 0) is 5.75 Å². The van der Waals surface area contributed by atoms with Crippen LogP contribution < -0.4 is 5.73 Å². The zero-order valence-electron chi connectivity index (χ0n) is 9.40. The Morgan fingerprint density at radius 3 is 3.12 bits per heavy atom. The van der Waals surface area contributed by atoms with Crippen LogP contribution in [0.3, 0.4) is 0 Å². The molecule has 1 aromatic rings. The minimum atomic E-state index is 0.270. The van der Waals surface area contributed by atoms with Gasteiger partial charge in [0.2, 0.25) is 0 Å². The van der Waals surface area contributed by atoms with E-state index in [-0.39, 0.29) is 6.61 Å². The van der Waals surface area contributed by atoms with Crippen LogP contribution in [0.15, 0.2) is 11.4 Å². The summed E-state index contributed by atoms with van der Waals surface area (Å²) in [6, 6.07) is 2.12. The van der Waals surface area contributed by atoms with Crippen LogP contribution in [0.5, 0.6) is 0 Å². The van der Waals surface area contributed by atoms with Gasteiger partial charge < -0.3 is 10.8 Å². The molecule has 0 spiro atoms. The second kappa shape index (κ2) is 7.75. The first-order chi connectivity index (χ1) is 7.76. The van der Waals surface area contributed by atoms with Crippen LogP contribution in [0.2, 0.25) is 0 Å². The summed E-state index contributed by atoms with van der Waals surface area (Å²) < 4.78 is 0. The summed E-state index contributed by atoms with van der Waals surface area (Å²) in [6.07, 6.45) is 0.857. The van der Waals surface area contributed by atoms with Crippen molar-refractivity contribution < 1.29 is 5.11 Å². The third-order valence-electron chi connectivity index (χ3n) is 2.03. The fourth-order valence-corrected chi connectivity index (χ4v) is 3.05. The van der Waals surface area contributed by atoms with Crippen molar-refractivity contribution in [2.45, 2.75) is 24.3 Å². The lowest BCUT2D eigenvalue weighted by Gasteiger charge is -2.07.